The van der Waals surface area contributed by atoms with Crippen LogP contribution in [-0.4, -0.2) is 5.78 Å². The third kappa shape index (κ3) is 2.15. The van der Waals surface area contributed by atoms with Crippen molar-refractivity contribution in [3.05, 3.63) is 35.1 Å². The summed E-state index contributed by atoms with van der Waals surface area (Å²) in [5.41, 5.74) is 6.00. The summed E-state index contributed by atoms with van der Waals surface area (Å²) in [7, 11) is 0. The molecular weight excluding hydrogens is 183 g/mol. The molecule has 0 heterocycles. The van der Waals surface area contributed by atoms with Gasteiger partial charge < -0.3 is 5.73 Å². The molecular formula is C10H9FN2O. The van der Waals surface area contributed by atoms with Gasteiger partial charge in [0, 0.05) is 0 Å². The fraction of sp³-hybridized carbons (Fsp3) is 0.200. The van der Waals surface area contributed by atoms with Crippen LogP contribution < -0.4 is 5.73 Å². The van der Waals surface area contributed by atoms with Gasteiger partial charge in [0.25, 0.3) is 0 Å². The minimum absolute atomic E-state index is 0.164. The molecule has 0 bridgehead atoms. The van der Waals surface area contributed by atoms with E-state index in [1.54, 1.807) is 6.07 Å². The van der Waals surface area contributed by atoms with Gasteiger partial charge in [0.05, 0.1) is 17.7 Å². The Morgan fingerprint density at radius 2 is 2.21 bits per heavy atom. The SMILES string of the molecule is CC(=O)C(N)c1cc(F)cc(C#N)c1. The number of nitrogens with two attached hydrogens (primary N) is 1. The molecule has 0 aliphatic carbocycles. The average molecular weight is 192 g/mol. The number of hydrogen-bond acceptors (Lipinski definition) is 3. The largest absolute Gasteiger partial charge is 0.318 e. The zero-order valence-corrected chi connectivity index (χ0v) is 7.62. The number of carbonyl (C=O) groups is 1. The normalized spacial score (nSPS) is 11.9. The van der Waals surface area contributed by atoms with Crippen LogP contribution in [0, 0.1) is 17.1 Å². The molecule has 0 radical (unpaired) electrons. The minimum atomic E-state index is -0.863. The molecule has 0 aliphatic heterocycles. The van der Waals surface area contributed by atoms with Crippen LogP contribution in [0.15, 0.2) is 18.2 Å². The monoisotopic (exact) mass is 192 g/mol. The topological polar surface area (TPSA) is 66.9 Å². The first-order valence-corrected chi connectivity index (χ1v) is 4.01. The van der Waals surface area contributed by atoms with Crippen molar-refractivity contribution in [3.63, 3.8) is 0 Å². The lowest BCUT2D eigenvalue weighted by molar-refractivity contribution is -0.118. The van der Waals surface area contributed by atoms with Gasteiger partial charge in [0.15, 0.2) is 5.78 Å². The quantitative estimate of drug-likeness (QED) is 0.767. The van der Waals surface area contributed by atoms with Crippen molar-refractivity contribution in [3.8, 4) is 6.07 Å². The van der Waals surface area contributed by atoms with Gasteiger partial charge >= 0.3 is 0 Å². The highest BCUT2D eigenvalue weighted by Gasteiger charge is 2.12. The number of nitriles is 1. The molecule has 0 saturated carbocycles. The molecule has 4 heteroatoms. The summed E-state index contributed by atoms with van der Waals surface area (Å²) in [6, 6.07) is 4.60. The molecule has 1 rings (SSSR count). The predicted molar refractivity (Wildman–Crippen MR) is 48.7 cm³/mol. The van der Waals surface area contributed by atoms with Crippen LogP contribution in [0.1, 0.15) is 24.1 Å². The van der Waals surface area contributed by atoms with Gasteiger partial charge in [-0.05, 0) is 30.7 Å². The van der Waals surface area contributed by atoms with Crippen LogP contribution in [0.3, 0.4) is 0 Å². The van der Waals surface area contributed by atoms with Crippen molar-refractivity contribution < 1.29 is 9.18 Å². The molecule has 1 aromatic carbocycles. The van der Waals surface area contributed by atoms with Crippen LogP contribution in [-0.2, 0) is 4.79 Å². The molecule has 0 spiro atoms. The molecule has 0 saturated heterocycles. The van der Waals surface area contributed by atoms with E-state index in [0.717, 1.165) is 12.1 Å². The van der Waals surface area contributed by atoms with E-state index in [2.05, 4.69) is 0 Å². The van der Waals surface area contributed by atoms with Crippen LogP contribution in [0.25, 0.3) is 0 Å². The van der Waals surface area contributed by atoms with E-state index in [0.29, 0.717) is 5.56 Å². The van der Waals surface area contributed by atoms with E-state index in [1.807, 2.05) is 0 Å². The standard InChI is InChI=1S/C10H9FN2O/c1-6(14)10(13)8-2-7(5-12)3-9(11)4-8/h2-4,10H,13H2,1H3. The Kier molecular flexibility index (Phi) is 2.95. The second-order valence-corrected chi connectivity index (χ2v) is 2.97. The highest BCUT2D eigenvalue weighted by Crippen LogP contribution is 2.15. The molecule has 1 unspecified atom stereocenters. The number of nitrogens with zero attached hydrogens (tertiary/aromatic N) is 1. The summed E-state index contributed by atoms with van der Waals surface area (Å²) >= 11 is 0. The maximum atomic E-state index is 12.9. The van der Waals surface area contributed by atoms with Crippen molar-refractivity contribution in [2.24, 2.45) is 5.73 Å². The van der Waals surface area contributed by atoms with Crippen molar-refractivity contribution in [1.82, 2.24) is 0 Å². The van der Waals surface area contributed by atoms with Crippen molar-refractivity contribution in [2.75, 3.05) is 0 Å². The fourth-order valence-corrected chi connectivity index (χ4v) is 1.09. The smallest absolute Gasteiger partial charge is 0.150 e. The van der Waals surface area contributed by atoms with Gasteiger partial charge in [-0.3, -0.25) is 4.79 Å². The lowest BCUT2D eigenvalue weighted by atomic mass is 10.0. The van der Waals surface area contributed by atoms with Crippen LogP contribution >= 0.6 is 0 Å². The van der Waals surface area contributed by atoms with Crippen molar-refractivity contribution in [1.29, 1.82) is 5.26 Å². The van der Waals surface area contributed by atoms with E-state index in [4.69, 9.17) is 11.0 Å². The molecule has 14 heavy (non-hydrogen) atoms. The highest BCUT2D eigenvalue weighted by molar-refractivity contribution is 5.82. The molecule has 72 valence electrons. The number of hydrogen-bond donors (Lipinski definition) is 1. The van der Waals surface area contributed by atoms with Gasteiger partial charge in [-0.2, -0.15) is 5.26 Å². The Morgan fingerprint density at radius 3 is 2.71 bits per heavy atom. The first kappa shape index (κ1) is 10.4. The zero-order chi connectivity index (χ0) is 10.7. The van der Waals surface area contributed by atoms with Crippen LogP contribution in [0.2, 0.25) is 0 Å². The predicted octanol–water partition coefficient (Wildman–Crippen LogP) is 1.29. The number of carbonyl (C=O) groups excluding carboxylic acids is 1. The van der Waals surface area contributed by atoms with Gasteiger partial charge in [-0.1, -0.05) is 0 Å². The highest BCUT2D eigenvalue weighted by atomic mass is 19.1. The summed E-state index contributed by atoms with van der Waals surface area (Å²) in [5.74, 6) is -0.824. The Hall–Kier alpha value is -1.73. The average Bonchev–Trinajstić information content (AvgIpc) is 2.15. The molecule has 2 N–H and O–H groups in total. The fourth-order valence-electron chi connectivity index (χ4n) is 1.09. The maximum Gasteiger partial charge on any atom is 0.150 e. The Labute approximate surface area is 81.0 Å². The summed E-state index contributed by atoms with van der Waals surface area (Å²) in [6.07, 6.45) is 0. The lowest BCUT2D eigenvalue weighted by Gasteiger charge is -2.08. The molecule has 3 nitrogen and oxygen atoms in total. The second-order valence-electron chi connectivity index (χ2n) is 2.97. The summed E-state index contributed by atoms with van der Waals surface area (Å²) in [6.45, 7) is 1.32. The number of benzene rings is 1. The number of rotatable bonds is 2. The maximum absolute atomic E-state index is 12.9. The van der Waals surface area contributed by atoms with E-state index in [1.165, 1.54) is 13.0 Å². The second kappa shape index (κ2) is 3.99. The summed E-state index contributed by atoms with van der Waals surface area (Å²) in [5, 5.41) is 8.56. The van der Waals surface area contributed by atoms with Gasteiger partial charge in [0.2, 0.25) is 0 Å². The third-order valence-corrected chi connectivity index (χ3v) is 1.85. The van der Waals surface area contributed by atoms with E-state index in [-0.39, 0.29) is 11.3 Å². The van der Waals surface area contributed by atoms with Gasteiger partial charge in [0.1, 0.15) is 5.82 Å². The number of ketones is 1. The molecule has 1 aromatic rings. The van der Waals surface area contributed by atoms with Crippen LogP contribution in [0.5, 0.6) is 0 Å². The van der Waals surface area contributed by atoms with Crippen LogP contribution in [0.4, 0.5) is 4.39 Å². The zero-order valence-electron chi connectivity index (χ0n) is 7.62. The summed E-state index contributed by atoms with van der Waals surface area (Å²) < 4.78 is 12.9. The van der Waals surface area contributed by atoms with E-state index >= 15 is 0 Å². The van der Waals surface area contributed by atoms with E-state index in [9.17, 15) is 9.18 Å². The minimum Gasteiger partial charge on any atom is -0.318 e. The molecule has 0 aliphatic rings. The number of halogens is 1. The van der Waals surface area contributed by atoms with Crippen molar-refractivity contribution in [2.45, 2.75) is 13.0 Å². The van der Waals surface area contributed by atoms with Gasteiger partial charge in [-0.15, -0.1) is 0 Å². The Balaban J connectivity index is 3.17. The number of Topliss-reactive ketones (excluding diaryl/α,β-unsaturated/α-hetero) is 1. The molecule has 0 aromatic heterocycles. The Morgan fingerprint density at radius 1 is 1.57 bits per heavy atom. The third-order valence-electron chi connectivity index (χ3n) is 1.85. The molecule has 1 atom stereocenters. The van der Waals surface area contributed by atoms with Crippen molar-refractivity contribution >= 4 is 5.78 Å². The lowest BCUT2D eigenvalue weighted by Crippen LogP contribution is -2.18. The molecule has 0 amide bonds. The molecule has 0 fully saturated rings. The first-order chi connectivity index (χ1) is 6.54. The Bertz CT molecular complexity index is 409. The van der Waals surface area contributed by atoms with Gasteiger partial charge in [-0.25, -0.2) is 4.39 Å². The van der Waals surface area contributed by atoms with E-state index < -0.39 is 11.9 Å². The first-order valence-electron chi connectivity index (χ1n) is 4.01. The summed E-state index contributed by atoms with van der Waals surface area (Å²) in [4.78, 5) is 10.9.